The van der Waals surface area contributed by atoms with Crippen molar-refractivity contribution in [1.82, 2.24) is 0 Å². The van der Waals surface area contributed by atoms with Crippen molar-refractivity contribution in [3.8, 4) is 5.75 Å². The van der Waals surface area contributed by atoms with E-state index in [2.05, 4.69) is 27.3 Å². The van der Waals surface area contributed by atoms with Crippen molar-refractivity contribution >= 4 is 45.8 Å². The maximum absolute atomic E-state index is 12.0. The van der Waals surface area contributed by atoms with Crippen LogP contribution in [0.4, 0.5) is 13.2 Å². The molecule has 0 aliphatic rings. The average molecular weight is 385 g/mol. The van der Waals surface area contributed by atoms with Crippen molar-refractivity contribution in [3.63, 3.8) is 0 Å². The van der Waals surface area contributed by atoms with Gasteiger partial charge in [0.2, 0.25) is 0 Å². The molecule has 1 nitrogen and oxygen atoms in total. The van der Waals surface area contributed by atoms with Gasteiger partial charge in [-0.1, -0.05) is 45.8 Å². The molecule has 0 aliphatic carbocycles. The minimum atomic E-state index is -4.75. The summed E-state index contributed by atoms with van der Waals surface area (Å²) in [6.45, 7) is 1.83. The molecule has 1 atom stereocenters. The fraction of sp³-hybridized carbons (Fsp3) is 0.333. The van der Waals surface area contributed by atoms with Crippen LogP contribution in [0.2, 0.25) is 10.0 Å². The zero-order valence-electron chi connectivity index (χ0n) is 7.91. The van der Waals surface area contributed by atoms with E-state index in [1.807, 2.05) is 6.92 Å². The lowest BCUT2D eigenvalue weighted by Crippen LogP contribution is -2.17. The first-order chi connectivity index (χ1) is 7.20. The van der Waals surface area contributed by atoms with Crippen LogP contribution in [-0.2, 0) is 0 Å². The standard InChI is InChI=1S/C9H6Cl2F3IO/c1-4(15)8-6(10)2-5(3-7(8)11)16-9(12,13)14/h2-4H,1H3. The van der Waals surface area contributed by atoms with Crippen molar-refractivity contribution in [1.29, 1.82) is 0 Å². The van der Waals surface area contributed by atoms with Crippen molar-refractivity contribution in [2.45, 2.75) is 17.2 Å². The topological polar surface area (TPSA) is 9.23 Å². The zero-order valence-corrected chi connectivity index (χ0v) is 11.6. The molecule has 0 amide bonds. The van der Waals surface area contributed by atoms with Crippen molar-refractivity contribution in [2.24, 2.45) is 0 Å². The number of hydrogen-bond donors (Lipinski definition) is 0. The summed E-state index contributed by atoms with van der Waals surface area (Å²) in [4.78, 5) is 0. The third kappa shape index (κ3) is 3.85. The normalized spacial score (nSPS) is 13.7. The number of hydrogen-bond acceptors (Lipinski definition) is 1. The van der Waals surface area contributed by atoms with E-state index in [0.29, 0.717) is 5.56 Å². The average Bonchev–Trinajstić information content (AvgIpc) is 1.96. The Hall–Kier alpha value is 0.120. The molecule has 0 aromatic heterocycles. The molecular weight excluding hydrogens is 379 g/mol. The molecule has 1 aromatic carbocycles. The summed E-state index contributed by atoms with van der Waals surface area (Å²) in [6.07, 6.45) is -4.75. The summed E-state index contributed by atoms with van der Waals surface area (Å²) in [5.74, 6) is -0.414. The van der Waals surface area contributed by atoms with Crippen LogP contribution in [0.1, 0.15) is 16.4 Å². The maximum atomic E-state index is 12.0. The summed E-state index contributed by atoms with van der Waals surface area (Å²) >= 11 is 13.7. The van der Waals surface area contributed by atoms with E-state index in [1.54, 1.807) is 0 Å². The Morgan fingerprint density at radius 1 is 1.25 bits per heavy atom. The first-order valence-corrected chi connectivity index (χ1v) is 6.09. The predicted octanol–water partition coefficient (Wildman–Crippen LogP) is 5.39. The van der Waals surface area contributed by atoms with Gasteiger partial charge in [-0.15, -0.1) is 13.2 Å². The van der Waals surface area contributed by atoms with Crippen LogP contribution < -0.4 is 4.74 Å². The van der Waals surface area contributed by atoms with Gasteiger partial charge >= 0.3 is 6.36 Å². The Kier molecular flexibility index (Phi) is 4.59. The van der Waals surface area contributed by atoms with Crippen LogP contribution in [-0.4, -0.2) is 6.36 Å². The lowest BCUT2D eigenvalue weighted by Gasteiger charge is -2.13. The van der Waals surface area contributed by atoms with Crippen LogP contribution in [0.25, 0.3) is 0 Å². The minimum Gasteiger partial charge on any atom is -0.406 e. The lowest BCUT2D eigenvalue weighted by molar-refractivity contribution is -0.274. The van der Waals surface area contributed by atoms with E-state index in [0.717, 1.165) is 12.1 Å². The van der Waals surface area contributed by atoms with Crippen molar-refractivity contribution in [3.05, 3.63) is 27.7 Å². The van der Waals surface area contributed by atoms with Gasteiger partial charge in [0.25, 0.3) is 0 Å². The van der Waals surface area contributed by atoms with Gasteiger partial charge in [-0.3, -0.25) is 0 Å². The van der Waals surface area contributed by atoms with Crippen LogP contribution >= 0.6 is 45.8 Å². The van der Waals surface area contributed by atoms with Crippen molar-refractivity contribution < 1.29 is 17.9 Å². The molecule has 0 N–H and O–H groups in total. The second-order valence-corrected chi connectivity index (χ2v) is 5.65. The smallest absolute Gasteiger partial charge is 0.406 e. The molecular formula is C9H6Cl2F3IO. The molecule has 1 aromatic rings. The Labute approximate surface area is 114 Å². The summed E-state index contributed by atoms with van der Waals surface area (Å²) in [5.41, 5.74) is 0.596. The van der Waals surface area contributed by atoms with E-state index in [-0.39, 0.29) is 14.0 Å². The molecule has 0 spiro atoms. The van der Waals surface area contributed by atoms with Crippen LogP contribution in [0, 0.1) is 0 Å². The van der Waals surface area contributed by atoms with E-state index in [4.69, 9.17) is 23.2 Å². The fourth-order valence-corrected chi connectivity index (χ4v) is 2.97. The van der Waals surface area contributed by atoms with Gasteiger partial charge < -0.3 is 4.74 Å². The second-order valence-electron chi connectivity index (χ2n) is 2.96. The van der Waals surface area contributed by atoms with E-state index in [9.17, 15) is 13.2 Å². The molecule has 0 radical (unpaired) electrons. The van der Waals surface area contributed by atoms with E-state index >= 15 is 0 Å². The highest BCUT2D eigenvalue weighted by atomic mass is 127. The quantitative estimate of drug-likeness (QED) is 0.490. The van der Waals surface area contributed by atoms with E-state index in [1.165, 1.54) is 0 Å². The molecule has 0 bridgehead atoms. The minimum absolute atomic E-state index is 0.00228. The second kappa shape index (κ2) is 5.18. The maximum Gasteiger partial charge on any atom is 0.573 e. The van der Waals surface area contributed by atoms with Crippen LogP contribution in [0.15, 0.2) is 12.1 Å². The molecule has 1 rings (SSSR count). The Bertz CT molecular complexity index is 370. The largest absolute Gasteiger partial charge is 0.573 e. The highest BCUT2D eigenvalue weighted by Gasteiger charge is 2.31. The number of ether oxygens (including phenoxy) is 1. The summed E-state index contributed by atoms with van der Waals surface area (Å²) in [6, 6.07) is 2.21. The molecule has 1 unspecified atom stereocenters. The first kappa shape index (κ1) is 14.2. The molecule has 90 valence electrons. The van der Waals surface area contributed by atoms with Gasteiger partial charge in [0.15, 0.2) is 0 Å². The SMILES string of the molecule is CC(I)c1c(Cl)cc(OC(F)(F)F)cc1Cl. The van der Waals surface area contributed by atoms with Crippen LogP contribution in [0.5, 0.6) is 5.75 Å². The number of halogens is 6. The number of rotatable bonds is 2. The third-order valence-corrected chi connectivity index (χ3v) is 2.93. The number of alkyl halides is 4. The van der Waals surface area contributed by atoms with Gasteiger partial charge in [0, 0.05) is 19.5 Å². The molecule has 0 saturated heterocycles. The third-order valence-electron chi connectivity index (χ3n) is 1.68. The fourth-order valence-electron chi connectivity index (χ4n) is 1.13. The molecule has 0 fully saturated rings. The highest BCUT2D eigenvalue weighted by Crippen LogP contribution is 2.39. The number of benzene rings is 1. The molecule has 0 heterocycles. The van der Waals surface area contributed by atoms with Gasteiger partial charge in [0.1, 0.15) is 5.75 Å². The van der Waals surface area contributed by atoms with Gasteiger partial charge in [-0.05, 0) is 19.1 Å². The summed E-state index contributed by atoms with van der Waals surface area (Å²) in [5, 5.41) is 0.322. The first-order valence-electron chi connectivity index (χ1n) is 4.09. The molecule has 0 aliphatic heterocycles. The summed E-state index contributed by atoms with van der Waals surface area (Å²) in [7, 11) is 0. The molecule has 16 heavy (non-hydrogen) atoms. The highest BCUT2D eigenvalue weighted by molar-refractivity contribution is 14.1. The summed E-state index contributed by atoms with van der Waals surface area (Å²) < 4.78 is 39.6. The monoisotopic (exact) mass is 384 g/mol. The van der Waals surface area contributed by atoms with Gasteiger partial charge in [0.05, 0.1) is 0 Å². The predicted molar refractivity (Wildman–Crippen MR) is 65.6 cm³/mol. The lowest BCUT2D eigenvalue weighted by atomic mass is 10.1. The Balaban J connectivity index is 3.10. The van der Waals surface area contributed by atoms with Crippen molar-refractivity contribution in [2.75, 3.05) is 0 Å². The van der Waals surface area contributed by atoms with Gasteiger partial charge in [-0.25, -0.2) is 0 Å². The Morgan fingerprint density at radius 2 is 1.69 bits per heavy atom. The van der Waals surface area contributed by atoms with E-state index < -0.39 is 12.1 Å². The Morgan fingerprint density at radius 3 is 2.00 bits per heavy atom. The van der Waals surface area contributed by atoms with Crippen LogP contribution in [0.3, 0.4) is 0 Å². The zero-order chi connectivity index (χ0) is 12.5. The molecule has 0 saturated carbocycles. The molecule has 7 heteroatoms. The van der Waals surface area contributed by atoms with Gasteiger partial charge in [-0.2, -0.15) is 0 Å².